The molecule has 0 spiro atoms. The summed E-state index contributed by atoms with van der Waals surface area (Å²) < 4.78 is 0. The maximum absolute atomic E-state index is 12.8. The molecule has 2 aromatic carbocycles. The maximum Gasteiger partial charge on any atom is 0.337 e. The molecule has 1 aliphatic rings. The summed E-state index contributed by atoms with van der Waals surface area (Å²) >= 11 is 0. The van der Waals surface area contributed by atoms with Crippen molar-refractivity contribution >= 4 is 40.1 Å². The van der Waals surface area contributed by atoms with Gasteiger partial charge in [0, 0.05) is 11.8 Å². The highest BCUT2D eigenvalue weighted by Gasteiger charge is 2.20. The van der Waals surface area contributed by atoms with Crippen molar-refractivity contribution in [2.45, 2.75) is 32.1 Å². The fourth-order valence-electron chi connectivity index (χ4n) is 4.15. The molecule has 0 unspecified atom stereocenters. The highest BCUT2D eigenvalue weighted by Crippen LogP contribution is 2.29. The number of aromatic nitrogens is 1. The molecule has 162 valence electrons. The number of amides is 2. The second-order valence-electron chi connectivity index (χ2n) is 7.99. The highest BCUT2D eigenvalue weighted by atomic mass is 16.4. The van der Waals surface area contributed by atoms with Crippen LogP contribution in [0.4, 0.5) is 11.4 Å². The normalized spacial score (nSPS) is 13.6. The number of fused-ring (bicyclic) bond motifs is 1. The minimum Gasteiger partial charge on any atom is -0.478 e. The zero-order chi connectivity index (χ0) is 22.7. The third kappa shape index (κ3) is 4.47. The van der Waals surface area contributed by atoms with Gasteiger partial charge < -0.3 is 20.7 Å². The summed E-state index contributed by atoms with van der Waals surface area (Å²) in [5.74, 6) is -1.40. The van der Waals surface area contributed by atoms with Gasteiger partial charge in [0.1, 0.15) is 5.69 Å². The van der Waals surface area contributed by atoms with E-state index in [4.69, 9.17) is 5.26 Å². The average molecular weight is 430 g/mol. The SMILES string of the molecule is N#Cc1ccc(NC(=O)c2cc3cccc(NC(=O)CC4CCCC4)c3[nH]2)c(C(=O)O)c1. The monoisotopic (exact) mass is 430 g/mol. The first kappa shape index (κ1) is 21.1. The lowest BCUT2D eigenvalue weighted by atomic mass is 10.0. The zero-order valence-corrected chi connectivity index (χ0v) is 17.3. The third-order valence-electron chi connectivity index (χ3n) is 5.75. The molecule has 3 aromatic rings. The van der Waals surface area contributed by atoms with Gasteiger partial charge in [-0.15, -0.1) is 0 Å². The first-order valence-corrected chi connectivity index (χ1v) is 10.4. The number of nitriles is 1. The number of carboxylic acids is 1. The van der Waals surface area contributed by atoms with Crippen LogP contribution >= 0.6 is 0 Å². The second-order valence-corrected chi connectivity index (χ2v) is 7.99. The van der Waals surface area contributed by atoms with Gasteiger partial charge in [-0.25, -0.2) is 4.79 Å². The molecular weight excluding hydrogens is 408 g/mol. The number of rotatable bonds is 6. The average Bonchev–Trinajstić information content (AvgIpc) is 3.44. The Morgan fingerprint density at radius 2 is 1.84 bits per heavy atom. The van der Waals surface area contributed by atoms with Gasteiger partial charge in [0.2, 0.25) is 5.91 Å². The van der Waals surface area contributed by atoms with Crippen LogP contribution < -0.4 is 10.6 Å². The van der Waals surface area contributed by atoms with Crippen LogP contribution in [0.2, 0.25) is 0 Å². The van der Waals surface area contributed by atoms with Crippen molar-refractivity contribution in [3.8, 4) is 6.07 Å². The molecule has 4 rings (SSSR count). The summed E-state index contributed by atoms with van der Waals surface area (Å²) in [5.41, 5.74) is 1.53. The maximum atomic E-state index is 12.8. The third-order valence-corrected chi connectivity index (χ3v) is 5.75. The Bertz CT molecular complexity index is 1250. The molecule has 32 heavy (non-hydrogen) atoms. The topological polar surface area (TPSA) is 135 Å². The van der Waals surface area contributed by atoms with Crippen molar-refractivity contribution in [3.63, 3.8) is 0 Å². The van der Waals surface area contributed by atoms with Crippen LogP contribution in [0.25, 0.3) is 10.9 Å². The number of H-pyrrole nitrogens is 1. The van der Waals surface area contributed by atoms with Crippen LogP contribution in [0.15, 0.2) is 42.5 Å². The molecule has 4 N–H and O–H groups in total. The largest absolute Gasteiger partial charge is 0.478 e. The van der Waals surface area contributed by atoms with Crippen LogP contribution in [-0.4, -0.2) is 27.9 Å². The molecule has 1 fully saturated rings. The molecule has 1 aromatic heterocycles. The van der Waals surface area contributed by atoms with E-state index in [0.717, 1.165) is 18.2 Å². The second kappa shape index (κ2) is 8.94. The number of hydrogen-bond acceptors (Lipinski definition) is 4. The van der Waals surface area contributed by atoms with Gasteiger partial charge in [0.25, 0.3) is 5.91 Å². The number of nitrogens with one attached hydrogen (secondary N) is 3. The molecule has 8 nitrogen and oxygen atoms in total. The number of carbonyl (C=O) groups is 3. The molecule has 0 bridgehead atoms. The number of para-hydroxylation sites is 1. The van der Waals surface area contributed by atoms with E-state index < -0.39 is 11.9 Å². The Morgan fingerprint density at radius 1 is 1.06 bits per heavy atom. The lowest BCUT2D eigenvalue weighted by molar-refractivity contribution is -0.117. The minimum absolute atomic E-state index is 0.0475. The van der Waals surface area contributed by atoms with Gasteiger partial charge in [-0.05, 0) is 49.1 Å². The minimum atomic E-state index is -1.25. The van der Waals surface area contributed by atoms with E-state index in [2.05, 4.69) is 15.6 Å². The Morgan fingerprint density at radius 3 is 2.56 bits per heavy atom. The van der Waals surface area contributed by atoms with Crippen molar-refractivity contribution in [2.75, 3.05) is 10.6 Å². The number of benzene rings is 2. The fraction of sp³-hybridized carbons (Fsp3) is 0.250. The summed E-state index contributed by atoms with van der Waals surface area (Å²) in [6, 6.07) is 12.9. The van der Waals surface area contributed by atoms with E-state index in [-0.39, 0.29) is 28.4 Å². The van der Waals surface area contributed by atoms with Gasteiger partial charge in [-0.3, -0.25) is 9.59 Å². The number of hydrogen-bond donors (Lipinski definition) is 4. The van der Waals surface area contributed by atoms with Gasteiger partial charge in [0.15, 0.2) is 0 Å². The van der Waals surface area contributed by atoms with Gasteiger partial charge in [-0.1, -0.05) is 25.0 Å². The van der Waals surface area contributed by atoms with Crippen LogP contribution in [-0.2, 0) is 4.79 Å². The van der Waals surface area contributed by atoms with Crippen molar-refractivity contribution in [1.82, 2.24) is 4.98 Å². The van der Waals surface area contributed by atoms with E-state index in [1.54, 1.807) is 18.2 Å². The summed E-state index contributed by atoms with van der Waals surface area (Å²) in [6.45, 7) is 0. The smallest absolute Gasteiger partial charge is 0.337 e. The number of anilines is 2. The number of aromatic carboxylic acids is 1. The highest BCUT2D eigenvalue weighted by molar-refractivity contribution is 6.10. The van der Waals surface area contributed by atoms with Gasteiger partial charge in [0.05, 0.1) is 34.1 Å². The number of carbonyl (C=O) groups excluding carboxylic acids is 2. The number of nitrogens with zero attached hydrogens (tertiary/aromatic N) is 1. The zero-order valence-electron chi connectivity index (χ0n) is 17.3. The summed E-state index contributed by atoms with van der Waals surface area (Å²) in [5, 5.41) is 24.6. The fourth-order valence-corrected chi connectivity index (χ4v) is 4.15. The molecule has 1 aliphatic carbocycles. The first-order valence-electron chi connectivity index (χ1n) is 10.4. The Labute approximate surface area is 184 Å². The Hall–Kier alpha value is -4.12. The Balaban J connectivity index is 1.55. The predicted molar refractivity (Wildman–Crippen MR) is 120 cm³/mol. The van der Waals surface area contributed by atoms with Gasteiger partial charge >= 0.3 is 5.97 Å². The Kier molecular flexibility index (Phi) is 5.90. The van der Waals surface area contributed by atoms with E-state index in [1.165, 1.54) is 31.0 Å². The molecule has 8 heteroatoms. The van der Waals surface area contributed by atoms with E-state index >= 15 is 0 Å². The van der Waals surface area contributed by atoms with Crippen molar-refractivity contribution in [2.24, 2.45) is 5.92 Å². The quantitative estimate of drug-likeness (QED) is 0.456. The predicted octanol–water partition coefficient (Wildman–Crippen LogP) is 4.51. The summed E-state index contributed by atoms with van der Waals surface area (Å²) in [6.07, 6.45) is 4.99. The number of carboxylic acid groups (broad SMARTS) is 1. The van der Waals surface area contributed by atoms with Crippen LogP contribution in [0.5, 0.6) is 0 Å². The standard InChI is InChI=1S/C24H22N4O4/c25-13-15-8-9-18(17(10-15)24(31)32)28-23(30)20-12-16-6-3-7-19(22(16)27-20)26-21(29)11-14-4-1-2-5-14/h3,6-10,12,14,27H,1-2,4-5,11H2,(H,26,29)(H,28,30)(H,31,32). The van der Waals surface area contributed by atoms with Crippen molar-refractivity contribution < 1.29 is 19.5 Å². The lowest BCUT2D eigenvalue weighted by Crippen LogP contribution is -2.16. The molecular formula is C24H22N4O4. The summed E-state index contributed by atoms with van der Waals surface area (Å²) in [7, 11) is 0. The van der Waals surface area contributed by atoms with E-state index in [0.29, 0.717) is 23.5 Å². The summed E-state index contributed by atoms with van der Waals surface area (Å²) in [4.78, 5) is 39.8. The van der Waals surface area contributed by atoms with Crippen molar-refractivity contribution in [3.05, 3.63) is 59.3 Å². The number of aromatic amines is 1. The van der Waals surface area contributed by atoms with E-state index in [1.807, 2.05) is 12.1 Å². The van der Waals surface area contributed by atoms with Crippen LogP contribution in [0.3, 0.4) is 0 Å². The molecule has 0 atom stereocenters. The van der Waals surface area contributed by atoms with Gasteiger partial charge in [-0.2, -0.15) is 5.26 Å². The van der Waals surface area contributed by atoms with Crippen LogP contribution in [0.1, 0.15) is 58.5 Å². The van der Waals surface area contributed by atoms with E-state index in [9.17, 15) is 19.5 Å². The van der Waals surface area contributed by atoms with Crippen LogP contribution in [0, 0.1) is 17.2 Å². The molecule has 0 aliphatic heterocycles. The molecule has 1 heterocycles. The van der Waals surface area contributed by atoms with Crippen molar-refractivity contribution in [1.29, 1.82) is 5.26 Å². The molecule has 1 saturated carbocycles. The lowest BCUT2D eigenvalue weighted by Gasteiger charge is -2.10. The molecule has 2 amide bonds. The first-order chi connectivity index (χ1) is 15.4. The molecule has 0 radical (unpaired) electrons. The molecule has 0 saturated heterocycles.